The standard InChI is InChI=1S/C20H19N3O2/c1-14-5-2-3-7-16(14)13-22-18(24)20(9-10-20)19(25)23-17-8-4-6-15(11-17)12-21/h2-8,11H,9-10,13H2,1H3,(H,22,24)(H,23,25). The summed E-state index contributed by atoms with van der Waals surface area (Å²) in [7, 11) is 0. The summed E-state index contributed by atoms with van der Waals surface area (Å²) in [5.41, 5.74) is 2.14. The van der Waals surface area contributed by atoms with Gasteiger partial charge < -0.3 is 10.6 Å². The van der Waals surface area contributed by atoms with Gasteiger partial charge in [0.25, 0.3) is 0 Å². The number of carbonyl (C=O) groups excluding carboxylic acids is 2. The molecule has 0 unspecified atom stereocenters. The number of nitrogens with zero attached hydrogens (tertiary/aromatic N) is 1. The Kier molecular flexibility index (Phi) is 4.53. The van der Waals surface area contributed by atoms with Crippen LogP contribution >= 0.6 is 0 Å². The molecule has 0 heterocycles. The number of carbonyl (C=O) groups is 2. The molecule has 0 atom stereocenters. The summed E-state index contributed by atoms with van der Waals surface area (Å²) in [4.78, 5) is 25.1. The van der Waals surface area contributed by atoms with E-state index < -0.39 is 5.41 Å². The minimum atomic E-state index is -0.995. The highest BCUT2D eigenvalue weighted by molar-refractivity contribution is 6.13. The van der Waals surface area contributed by atoms with Gasteiger partial charge in [-0.15, -0.1) is 0 Å². The van der Waals surface area contributed by atoms with Gasteiger partial charge in [-0.3, -0.25) is 9.59 Å². The molecule has 2 amide bonds. The fourth-order valence-electron chi connectivity index (χ4n) is 2.75. The van der Waals surface area contributed by atoms with Crippen molar-refractivity contribution in [3.8, 4) is 6.07 Å². The van der Waals surface area contributed by atoms with Crippen molar-refractivity contribution in [2.45, 2.75) is 26.3 Å². The van der Waals surface area contributed by atoms with Gasteiger partial charge in [0, 0.05) is 12.2 Å². The third-order valence-corrected chi connectivity index (χ3v) is 4.57. The van der Waals surface area contributed by atoms with Gasteiger partial charge in [0.1, 0.15) is 5.41 Å². The van der Waals surface area contributed by atoms with Gasteiger partial charge in [-0.2, -0.15) is 5.26 Å². The van der Waals surface area contributed by atoms with Crippen LogP contribution < -0.4 is 10.6 Å². The molecule has 126 valence electrons. The van der Waals surface area contributed by atoms with Crippen LogP contribution in [-0.2, 0) is 16.1 Å². The first-order valence-corrected chi connectivity index (χ1v) is 8.19. The van der Waals surface area contributed by atoms with Crippen LogP contribution in [0.2, 0.25) is 0 Å². The highest BCUT2D eigenvalue weighted by Crippen LogP contribution is 2.46. The van der Waals surface area contributed by atoms with Crippen molar-refractivity contribution < 1.29 is 9.59 Å². The van der Waals surface area contributed by atoms with Crippen molar-refractivity contribution in [2.75, 3.05) is 5.32 Å². The molecule has 1 aliphatic carbocycles. The van der Waals surface area contributed by atoms with E-state index in [2.05, 4.69) is 10.6 Å². The summed E-state index contributed by atoms with van der Waals surface area (Å²) in [5, 5.41) is 14.6. The lowest BCUT2D eigenvalue weighted by Crippen LogP contribution is -2.39. The molecule has 25 heavy (non-hydrogen) atoms. The Balaban J connectivity index is 1.64. The van der Waals surface area contributed by atoms with Crippen molar-refractivity contribution in [1.82, 2.24) is 5.32 Å². The molecule has 0 aromatic heterocycles. The minimum Gasteiger partial charge on any atom is -0.351 e. The summed E-state index contributed by atoms with van der Waals surface area (Å²) in [6.45, 7) is 2.40. The molecule has 0 spiro atoms. The lowest BCUT2D eigenvalue weighted by atomic mass is 10.0. The molecule has 3 rings (SSSR count). The van der Waals surface area contributed by atoms with Crippen molar-refractivity contribution >= 4 is 17.5 Å². The fourth-order valence-corrected chi connectivity index (χ4v) is 2.75. The Morgan fingerprint density at radius 2 is 1.88 bits per heavy atom. The van der Waals surface area contributed by atoms with Crippen molar-refractivity contribution in [3.05, 3.63) is 65.2 Å². The van der Waals surface area contributed by atoms with Crippen LogP contribution in [0.5, 0.6) is 0 Å². The second-order valence-corrected chi connectivity index (χ2v) is 6.34. The Morgan fingerprint density at radius 1 is 1.12 bits per heavy atom. The van der Waals surface area contributed by atoms with Gasteiger partial charge in [-0.05, 0) is 49.1 Å². The van der Waals surface area contributed by atoms with E-state index in [0.717, 1.165) is 11.1 Å². The first-order valence-electron chi connectivity index (χ1n) is 8.19. The lowest BCUT2D eigenvalue weighted by molar-refractivity contribution is -0.134. The second-order valence-electron chi connectivity index (χ2n) is 6.34. The number of hydrogen-bond acceptors (Lipinski definition) is 3. The molecule has 1 saturated carbocycles. The number of nitriles is 1. The first-order chi connectivity index (χ1) is 12.0. The number of anilines is 1. The third kappa shape index (κ3) is 3.53. The maximum Gasteiger partial charge on any atom is 0.240 e. The van der Waals surface area contributed by atoms with Gasteiger partial charge in [-0.25, -0.2) is 0 Å². The van der Waals surface area contributed by atoms with Crippen LogP contribution in [0.1, 0.15) is 29.5 Å². The molecule has 2 N–H and O–H groups in total. The third-order valence-electron chi connectivity index (χ3n) is 4.57. The van der Waals surface area contributed by atoms with Crippen molar-refractivity contribution in [2.24, 2.45) is 5.41 Å². The van der Waals surface area contributed by atoms with Crippen molar-refractivity contribution in [3.63, 3.8) is 0 Å². The highest BCUT2D eigenvalue weighted by atomic mass is 16.2. The van der Waals surface area contributed by atoms with E-state index in [9.17, 15) is 9.59 Å². The molecular formula is C20H19N3O2. The quantitative estimate of drug-likeness (QED) is 0.826. The predicted octanol–water partition coefficient (Wildman–Crippen LogP) is 2.90. The summed E-state index contributed by atoms with van der Waals surface area (Å²) in [6.07, 6.45) is 1.08. The number of amides is 2. The number of rotatable bonds is 5. The van der Waals surface area contributed by atoms with E-state index in [1.165, 1.54) is 0 Å². The van der Waals surface area contributed by atoms with Gasteiger partial charge >= 0.3 is 0 Å². The zero-order chi connectivity index (χ0) is 17.9. The Hall–Kier alpha value is -3.13. The highest BCUT2D eigenvalue weighted by Gasteiger charge is 2.56. The van der Waals surface area contributed by atoms with Crippen LogP contribution in [0.4, 0.5) is 5.69 Å². The molecule has 0 aliphatic heterocycles. The predicted molar refractivity (Wildman–Crippen MR) is 94.5 cm³/mol. The number of aryl methyl sites for hydroxylation is 1. The normalized spacial score (nSPS) is 14.2. The van der Waals surface area contributed by atoms with Crippen LogP contribution in [0, 0.1) is 23.7 Å². The molecule has 0 radical (unpaired) electrons. The molecule has 0 saturated heterocycles. The zero-order valence-electron chi connectivity index (χ0n) is 14.0. The van der Waals surface area contributed by atoms with Gasteiger partial charge in [0.15, 0.2) is 0 Å². The van der Waals surface area contributed by atoms with E-state index in [4.69, 9.17) is 5.26 Å². The monoisotopic (exact) mass is 333 g/mol. The van der Waals surface area contributed by atoms with E-state index in [-0.39, 0.29) is 11.8 Å². The lowest BCUT2D eigenvalue weighted by Gasteiger charge is -2.16. The first kappa shape index (κ1) is 16.7. The smallest absolute Gasteiger partial charge is 0.240 e. The van der Waals surface area contributed by atoms with Crippen molar-refractivity contribution in [1.29, 1.82) is 5.26 Å². The summed E-state index contributed by atoms with van der Waals surface area (Å²) in [6, 6.07) is 16.5. The van der Waals surface area contributed by atoms with E-state index in [1.807, 2.05) is 37.3 Å². The number of nitrogens with one attached hydrogen (secondary N) is 2. The maximum atomic E-state index is 12.6. The van der Waals surface area contributed by atoms with Gasteiger partial charge in [0.2, 0.25) is 11.8 Å². The second kappa shape index (κ2) is 6.78. The summed E-state index contributed by atoms with van der Waals surface area (Å²) >= 11 is 0. The van der Waals surface area contributed by atoms with Gasteiger partial charge in [-0.1, -0.05) is 30.3 Å². The molecule has 2 aromatic carbocycles. The molecule has 1 fully saturated rings. The SMILES string of the molecule is Cc1ccccc1CNC(=O)C1(C(=O)Nc2cccc(C#N)c2)CC1. The molecule has 1 aliphatic rings. The van der Waals surface area contributed by atoms with Crippen LogP contribution in [0.25, 0.3) is 0 Å². The summed E-state index contributed by atoms with van der Waals surface area (Å²) in [5.74, 6) is -0.561. The molecule has 2 aromatic rings. The summed E-state index contributed by atoms with van der Waals surface area (Å²) < 4.78 is 0. The Labute approximate surface area is 146 Å². The van der Waals surface area contributed by atoms with Crippen LogP contribution in [-0.4, -0.2) is 11.8 Å². The molecular weight excluding hydrogens is 314 g/mol. The van der Waals surface area contributed by atoms with Gasteiger partial charge in [0.05, 0.1) is 11.6 Å². The van der Waals surface area contributed by atoms with Crippen LogP contribution in [0.3, 0.4) is 0 Å². The molecule has 0 bridgehead atoms. The number of hydrogen-bond donors (Lipinski definition) is 2. The number of benzene rings is 2. The van der Waals surface area contributed by atoms with E-state index >= 15 is 0 Å². The minimum absolute atomic E-state index is 0.246. The fraction of sp³-hybridized carbons (Fsp3) is 0.250. The Bertz CT molecular complexity index is 863. The van der Waals surface area contributed by atoms with E-state index in [1.54, 1.807) is 24.3 Å². The van der Waals surface area contributed by atoms with Crippen LogP contribution in [0.15, 0.2) is 48.5 Å². The topological polar surface area (TPSA) is 82.0 Å². The zero-order valence-corrected chi connectivity index (χ0v) is 14.0. The average molecular weight is 333 g/mol. The largest absolute Gasteiger partial charge is 0.351 e. The maximum absolute atomic E-state index is 12.6. The molecule has 5 nitrogen and oxygen atoms in total. The average Bonchev–Trinajstić information content (AvgIpc) is 3.43. The van der Waals surface area contributed by atoms with E-state index in [0.29, 0.717) is 30.6 Å². The Morgan fingerprint density at radius 3 is 2.56 bits per heavy atom. The molecule has 5 heteroatoms.